The molecule has 1 aromatic carbocycles. The number of hydrogen-bond donors (Lipinski definition) is 0. The Hall–Kier alpha value is -2.99. The molecule has 2 atom stereocenters. The summed E-state index contributed by atoms with van der Waals surface area (Å²) in [6.07, 6.45) is 7.20. The highest BCUT2D eigenvalue weighted by molar-refractivity contribution is 5.84. The summed E-state index contributed by atoms with van der Waals surface area (Å²) in [7, 11) is 0. The highest BCUT2D eigenvalue weighted by Gasteiger charge is 2.35. The minimum Gasteiger partial charge on any atom is -0.368 e. The number of aromatic nitrogens is 1. The first-order valence-electron chi connectivity index (χ1n) is 10.9. The van der Waals surface area contributed by atoms with E-state index < -0.39 is 0 Å². The number of benzene rings is 1. The standard InChI is InChI=1S/C25H29N3O3/c1-2-12-27-13-14-28(25(30)23-7-4-15-31-23)18-22(24(27)29)17-19-5-3-6-21(16-19)20-8-10-26-11-9-20/h2-3,5-6,8-11,16,22-23H,1,4,7,12-15,17-18H2/t22-,23-/m0/s1. The van der Waals surface area contributed by atoms with Gasteiger partial charge in [0.1, 0.15) is 6.10 Å². The van der Waals surface area contributed by atoms with Crippen molar-refractivity contribution < 1.29 is 14.3 Å². The van der Waals surface area contributed by atoms with E-state index in [0.717, 1.165) is 29.5 Å². The Labute approximate surface area is 183 Å². The van der Waals surface area contributed by atoms with Gasteiger partial charge in [-0.15, -0.1) is 6.58 Å². The maximum absolute atomic E-state index is 13.3. The number of carbonyl (C=O) groups excluding carboxylic acids is 2. The zero-order chi connectivity index (χ0) is 21.6. The first-order valence-corrected chi connectivity index (χ1v) is 10.9. The summed E-state index contributed by atoms with van der Waals surface area (Å²) in [5.74, 6) is -0.196. The van der Waals surface area contributed by atoms with E-state index in [1.54, 1.807) is 18.5 Å². The molecule has 2 fully saturated rings. The molecule has 2 aliphatic heterocycles. The summed E-state index contributed by atoms with van der Waals surface area (Å²) in [5, 5.41) is 0. The van der Waals surface area contributed by atoms with Crippen molar-refractivity contribution in [2.24, 2.45) is 5.92 Å². The molecule has 2 saturated heterocycles. The fraction of sp³-hybridized carbons (Fsp3) is 0.400. The van der Waals surface area contributed by atoms with E-state index in [0.29, 0.717) is 39.2 Å². The van der Waals surface area contributed by atoms with Gasteiger partial charge in [-0.3, -0.25) is 14.6 Å². The van der Waals surface area contributed by atoms with Crippen LogP contribution >= 0.6 is 0 Å². The number of hydrogen-bond acceptors (Lipinski definition) is 4. The summed E-state index contributed by atoms with van der Waals surface area (Å²) >= 11 is 0. The van der Waals surface area contributed by atoms with Crippen molar-refractivity contribution in [1.82, 2.24) is 14.8 Å². The van der Waals surface area contributed by atoms with Gasteiger partial charge in [0.25, 0.3) is 5.91 Å². The van der Waals surface area contributed by atoms with Crippen LogP contribution in [-0.2, 0) is 20.7 Å². The Bertz CT molecular complexity index is 925. The molecule has 4 rings (SSSR count). The quantitative estimate of drug-likeness (QED) is 0.676. The number of rotatable bonds is 6. The van der Waals surface area contributed by atoms with E-state index in [1.165, 1.54) is 0 Å². The largest absolute Gasteiger partial charge is 0.368 e. The molecule has 0 radical (unpaired) electrons. The molecule has 2 amide bonds. The Morgan fingerprint density at radius 3 is 2.77 bits per heavy atom. The van der Waals surface area contributed by atoms with Crippen LogP contribution < -0.4 is 0 Å². The van der Waals surface area contributed by atoms with E-state index >= 15 is 0 Å². The van der Waals surface area contributed by atoms with E-state index in [9.17, 15) is 9.59 Å². The third-order valence-corrected chi connectivity index (χ3v) is 6.03. The molecule has 0 saturated carbocycles. The van der Waals surface area contributed by atoms with Crippen LogP contribution in [0.4, 0.5) is 0 Å². The molecule has 0 aliphatic carbocycles. The molecule has 0 bridgehead atoms. The number of pyridine rings is 1. The molecule has 6 nitrogen and oxygen atoms in total. The van der Waals surface area contributed by atoms with Crippen molar-refractivity contribution in [2.75, 3.05) is 32.8 Å². The Kier molecular flexibility index (Phi) is 6.77. The maximum Gasteiger partial charge on any atom is 0.251 e. The van der Waals surface area contributed by atoms with Crippen molar-refractivity contribution in [1.29, 1.82) is 0 Å². The second-order valence-electron chi connectivity index (χ2n) is 8.20. The first-order chi connectivity index (χ1) is 15.2. The van der Waals surface area contributed by atoms with Gasteiger partial charge >= 0.3 is 0 Å². The van der Waals surface area contributed by atoms with Gasteiger partial charge in [0, 0.05) is 45.2 Å². The zero-order valence-electron chi connectivity index (χ0n) is 17.8. The summed E-state index contributed by atoms with van der Waals surface area (Å²) in [6, 6.07) is 12.2. The lowest BCUT2D eigenvalue weighted by Gasteiger charge is -2.25. The van der Waals surface area contributed by atoms with Gasteiger partial charge in [0.05, 0.1) is 5.92 Å². The third kappa shape index (κ3) is 5.02. The summed E-state index contributed by atoms with van der Waals surface area (Å²) < 4.78 is 5.62. The van der Waals surface area contributed by atoms with Crippen LogP contribution in [0.15, 0.2) is 61.4 Å². The topological polar surface area (TPSA) is 62.7 Å². The molecule has 1 aromatic heterocycles. The van der Waals surface area contributed by atoms with Crippen LogP contribution in [0.25, 0.3) is 11.1 Å². The van der Waals surface area contributed by atoms with Crippen LogP contribution in [0.5, 0.6) is 0 Å². The van der Waals surface area contributed by atoms with Gasteiger partial charge in [-0.05, 0) is 48.1 Å². The molecule has 2 aromatic rings. The van der Waals surface area contributed by atoms with Crippen molar-refractivity contribution in [3.8, 4) is 11.1 Å². The fourth-order valence-electron chi connectivity index (χ4n) is 4.42. The monoisotopic (exact) mass is 419 g/mol. The lowest BCUT2D eigenvalue weighted by Crippen LogP contribution is -2.42. The van der Waals surface area contributed by atoms with Gasteiger partial charge in [-0.1, -0.05) is 30.3 Å². The molecular weight excluding hydrogens is 390 g/mol. The summed E-state index contributed by atoms with van der Waals surface area (Å²) in [4.78, 5) is 34.0. The van der Waals surface area contributed by atoms with Gasteiger partial charge in [0.2, 0.25) is 5.91 Å². The van der Waals surface area contributed by atoms with Crippen LogP contribution in [0.3, 0.4) is 0 Å². The number of carbonyl (C=O) groups is 2. The maximum atomic E-state index is 13.3. The van der Waals surface area contributed by atoms with Crippen molar-refractivity contribution >= 4 is 11.8 Å². The molecular formula is C25H29N3O3. The van der Waals surface area contributed by atoms with E-state index in [1.807, 2.05) is 34.1 Å². The lowest BCUT2D eigenvalue weighted by molar-refractivity contribution is -0.141. The van der Waals surface area contributed by atoms with Crippen molar-refractivity contribution in [3.05, 3.63) is 67.0 Å². The Balaban J connectivity index is 1.55. The predicted molar refractivity (Wildman–Crippen MR) is 119 cm³/mol. The number of nitrogens with zero attached hydrogens (tertiary/aromatic N) is 3. The second-order valence-corrected chi connectivity index (χ2v) is 8.20. The average Bonchev–Trinajstić information content (AvgIpc) is 3.30. The third-order valence-electron chi connectivity index (χ3n) is 6.03. The fourth-order valence-corrected chi connectivity index (χ4v) is 4.42. The Morgan fingerprint density at radius 1 is 1.19 bits per heavy atom. The van der Waals surface area contributed by atoms with E-state index in [4.69, 9.17) is 4.74 Å². The van der Waals surface area contributed by atoms with E-state index in [2.05, 4.69) is 23.7 Å². The van der Waals surface area contributed by atoms with Crippen LogP contribution in [0.2, 0.25) is 0 Å². The first kappa shape index (κ1) is 21.2. The van der Waals surface area contributed by atoms with Crippen LogP contribution in [0, 0.1) is 5.92 Å². The van der Waals surface area contributed by atoms with Crippen molar-refractivity contribution in [2.45, 2.75) is 25.4 Å². The highest BCUT2D eigenvalue weighted by atomic mass is 16.5. The van der Waals surface area contributed by atoms with Gasteiger partial charge in [-0.2, -0.15) is 0 Å². The van der Waals surface area contributed by atoms with E-state index in [-0.39, 0.29) is 23.8 Å². The molecule has 31 heavy (non-hydrogen) atoms. The molecule has 0 spiro atoms. The smallest absolute Gasteiger partial charge is 0.251 e. The zero-order valence-corrected chi connectivity index (χ0v) is 17.8. The Morgan fingerprint density at radius 2 is 2.03 bits per heavy atom. The summed E-state index contributed by atoms with van der Waals surface area (Å²) in [5.41, 5.74) is 3.27. The highest BCUT2D eigenvalue weighted by Crippen LogP contribution is 2.24. The number of amides is 2. The van der Waals surface area contributed by atoms with Crippen LogP contribution in [-0.4, -0.2) is 65.5 Å². The summed E-state index contributed by atoms with van der Waals surface area (Å²) in [6.45, 7) is 6.40. The van der Waals surface area contributed by atoms with Gasteiger partial charge < -0.3 is 14.5 Å². The normalized spacial score (nSPS) is 21.7. The SMILES string of the molecule is C=CCN1CCN(C(=O)[C@@H]2CCCO2)C[C@H](Cc2cccc(-c3ccncc3)c2)C1=O. The minimum atomic E-state index is -0.364. The minimum absolute atomic E-state index is 0.0151. The molecule has 3 heterocycles. The average molecular weight is 420 g/mol. The van der Waals surface area contributed by atoms with Gasteiger partial charge in [-0.25, -0.2) is 0 Å². The predicted octanol–water partition coefficient (Wildman–Crippen LogP) is 2.94. The number of ether oxygens (including phenoxy) is 1. The second kappa shape index (κ2) is 9.88. The molecule has 6 heteroatoms. The molecule has 0 N–H and O–H groups in total. The lowest BCUT2D eigenvalue weighted by atomic mass is 9.95. The van der Waals surface area contributed by atoms with Crippen molar-refractivity contribution in [3.63, 3.8) is 0 Å². The molecule has 0 unspecified atom stereocenters. The molecule has 2 aliphatic rings. The van der Waals surface area contributed by atoms with Crippen LogP contribution in [0.1, 0.15) is 18.4 Å². The molecule has 162 valence electrons. The van der Waals surface area contributed by atoms with Gasteiger partial charge in [0.15, 0.2) is 0 Å².